The monoisotopic (exact) mass is 280 g/mol. The Labute approximate surface area is 122 Å². The Hall–Kier alpha value is -0.380. The van der Waals surface area contributed by atoms with Crippen molar-refractivity contribution in [3.05, 3.63) is 22.4 Å². The fourth-order valence-electron chi connectivity index (χ4n) is 3.40. The van der Waals surface area contributed by atoms with Crippen molar-refractivity contribution in [2.24, 2.45) is 11.7 Å². The molecule has 108 valence electrons. The lowest BCUT2D eigenvalue weighted by molar-refractivity contribution is 0.136. The van der Waals surface area contributed by atoms with Gasteiger partial charge in [-0.3, -0.25) is 4.90 Å². The van der Waals surface area contributed by atoms with Gasteiger partial charge in [0.05, 0.1) is 0 Å². The highest BCUT2D eigenvalue weighted by Crippen LogP contribution is 2.28. The third-order valence-corrected chi connectivity index (χ3v) is 5.36. The molecule has 1 aromatic rings. The molecule has 0 amide bonds. The molecule has 1 heterocycles. The van der Waals surface area contributed by atoms with Gasteiger partial charge in [0.25, 0.3) is 0 Å². The summed E-state index contributed by atoms with van der Waals surface area (Å²) in [5.41, 5.74) is 6.12. The highest BCUT2D eigenvalue weighted by Gasteiger charge is 2.26. The first-order valence-electron chi connectivity index (χ1n) is 7.81. The van der Waals surface area contributed by atoms with Crippen molar-refractivity contribution in [1.82, 2.24) is 4.90 Å². The lowest BCUT2D eigenvalue weighted by atomic mass is 9.90. The van der Waals surface area contributed by atoms with Crippen LogP contribution in [0.3, 0.4) is 0 Å². The summed E-state index contributed by atoms with van der Waals surface area (Å²) in [6.45, 7) is 5.26. The average Bonchev–Trinajstić information content (AvgIpc) is 2.80. The van der Waals surface area contributed by atoms with E-state index in [2.05, 4.69) is 29.3 Å². The van der Waals surface area contributed by atoms with E-state index in [-0.39, 0.29) is 0 Å². The van der Waals surface area contributed by atoms with Gasteiger partial charge in [-0.15, -0.1) is 11.3 Å². The summed E-state index contributed by atoms with van der Waals surface area (Å²) in [6.07, 6.45) is 8.40. The summed E-state index contributed by atoms with van der Waals surface area (Å²) in [4.78, 5) is 4.07. The molecule has 1 aliphatic rings. The number of likely N-dealkylation sites (N-methyl/N-ethyl adjacent to an activating group) is 1. The fourth-order valence-corrected chi connectivity index (χ4v) is 4.13. The smallest absolute Gasteiger partial charge is 0.0331 e. The molecule has 1 unspecified atom stereocenters. The minimum atomic E-state index is 0.574. The Morgan fingerprint density at radius 3 is 2.58 bits per heavy atom. The largest absolute Gasteiger partial charge is 0.329 e. The molecule has 0 spiro atoms. The summed E-state index contributed by atoms with van der Waals surface area (Å²) in [5, 5.41) is 2.17. The maximum Gasteiger partial charge on any atom is 0.0331 e. The molecule has 1 fully saturated rings. The van der Waals surface area contributed by atoms with E-state index in [1.807, 2.05) is 11.3 Å². The summed E-state index contributed by atoms with van der Waals surface area (Å²) >= 11 is 1.86. The first kappa shape index (κ1) is 15.0. The van der Waals surface area contributed by atoms with Gasteiger partial charge in [-0.1, -0.05) is 38.7 Å². The molecule has 0 aromatic carbocycles. The number of nitrogens with zero attached hydrogens (tertiary/aromatic N) is 1. The number of hydrogen-bond donors (Lipinski definition) is 1. The van der Waals surface area contributed by atoms with Gasteiger partial charge in [0.2, 0.25) is 0 Å². The van der Waals surface area contributed by atoms with Crippen molar-refractivity contribution in [3.63, 3.8) is 0 Å². The normalized spacial score (nSPS) is 19.5. The van der Waals surface area contributed by atoms with Crippen molar-refractivity contribution in [3.8, 4) is 0 Å². The molecule has 3 heteroatoms. The molecule has 0 aliphatic heterocycles. The van der Waals surface area contributed by atoms with Crippen LogP contribution in [0.25, 0.3) is 0 Å². The van der Waals surface area contributed by atoms with Gasteiger partial charge in [-0.25, -0.2) is 0 Å². The van der Waals surface area contributed by atoms with Gasteiger partial charge in [0.1, 0.15) is 0 Å². The van der Waals surface area contributed by atoms with E-state index < -0.39 is 0 Å². The molecule has 1 aliphatic carbocycles. The summed E-state index contributed by atoms with van der Waals surface area (Å²) in [5.74, 6) is 0.812. The van der Waals surface area contributed by atoms with Gasteiger partial charge in [0, 0.05) is 24.0 Å². The van der Waals surface area contributed by atoms with E-state index in [1.165, 1.54) is 43.4 Å². The molecule has 2 N–H and O–H groups in total. The van der Waals surface area contributed by atoms with E-state index in [0.717, 1.165) is 25.6 Å². The van der Waals surface area contributed by atoms with E-state index in [1.54, 1.807) is 0 Å². The highest BCUT2D eigenvalue weighted by molar-refractivity contribution is 7.09. The lowest BCUT2D eigenvalue weighted by Gasteiger charge is -2.35. The third kappa shape index (κ3) is 4.30. The van der Waals surface area contributed by atoms with E-state index >= 15 is 0 Å². The van der Waals surface area contributed by atoms with Crippen LogP contribution in [-0.4, -0.2) is 24.0 Å². The Balaban J connectivity index is 1.99. The first-order valence-corrected chi connectivity index (χ1v) is 8.69. The van der Waals surface area contributed by atoms with E-state index in [0.29, 0.717) is 6.04 Å². The Morgan fingerprint density at radius 2 is 2.05 bits per heavy atom. The molecule has 0 radical (unpaired) electrons. The molecule has 1 saturated carbocycles. The van der Waals surface area contributed by atoms with Crippen LogP contribution >= 0.6 is 11.3 Å². The van der Waals surface area contributed by atoms with E-state index in [4.69, 9.17) is 5.73 Å². The summed E-state index contributed by atoms with van der Waals surface area (Å²) in [6, 6.07) is 4.97. The quantitative estimate of drug-likeness (QED) is 0.802. The highest BCUT2D eigenvalue weighted by atomic mass is 32.1. The van der Waals surface area contributed by atoms with Crippen LogP contribution in [0.5, 0.6) is 0 Å². The van der Waals surface area contributed by atoms with Crippen LogP contribution in [0.2, 0.25) is 0 Å². The Bertz CT molecular complexity index is 329. The molecular formula is C16H28N2S. The standard InChI is InChI=1S/C16H28N2S/c1-2-18(13-15-10-7-11-19-15)16(12-17)14-8-5-3-4-6-9-14/h7,10-11,14,16H,2-6,8-9,12-13,17H2,1H3. The predicted octanol–water partition coefficient (Wildman–Crippen LogP) is 3.87. The average molecular weight is 280 g/mol. The fraction of sp³-hybridized carbons (Fsp3) is 0.750. The Morgan fingerprint density at radius 1 is 1.32 bits per heavy atom. The number of hydrogen-bond acceptors (Lipinski definition) is 3. The molecule has 2 nitrogen and oxygen atoms in total. The number of rotatable bonds is 6. The topological polar surface area (TPSA) is 29.3 Å². The predicted molar refractivity (Wildman–Crippen MR) is 84.4 cm³/mol. The maximum absolute atomic E-state index is 6.12. The lowest BCUT2D eigenvalue weighted by Crippen LogP contribution is -2.45. The first-order chi connectivity index (χ1) is 9.35. The Kier molecular flexibility index (Phi) is 6.35. The number of thiophene rings is 1. The second-order valence-corrected chi connectivity index (χ2v) is 6.73. The van der Waals surface area contributed by atoms with Gasteiger partial charge in [-0.2, -0.15) is 0 Å². The van der Waals surface area contributed by atoms with Crippen LogP contribution < -0.4 is 5.73 Å². The van der Waals surface area contributed by atoms with Crippen LogP contribution in [0.1, 0.15) is 50.3 Å². The minimum Gasteiger partial charge on any atom is -0.329 e. The molecule has 0 saturated heterocycles. The minimum absolute atomic E-state index is 0.574. The summed E-state index contributed by atoms with van der Waals surface area (Å²) < 4.78 is 0. The van der Waals surface area contributed by atoms with Crippen molar-refractivity contribution >= 4 is 11.3 Å². The molecule has 19 heavy (non-hydrogen) atoms. The molecule has 0 bridgehead atoms. The van der Waals surface area contributed by atoms with Crippen LogP contribution in [0, 0.1) is 5.92 Å². The van der Waals surface area contributed by atoms with Crippen molar-refractivity contribution < 1.29 is 0 Å². The molecule has 1 atom stereocenters. The zero-order chi connectivity index (χ0) is 13.5. The molecule has 1 aromatic heterocycles. The SMILES string of the molecule is CCN(Cc1cccs1)C(CN)C1CCCCCC1. The van der Waals surface area contributed by atoms with Crippen molar-refractivity contribution in [2.75, 3.05) is 13.1 Å². The molecule has 2 rings (SSSR count). The maximum atomic E-state index is 6.12. The van der Waals surface area contributed by atoms with E-state index in [9.17, 15) is 0 Å². The van der Waals surface area contributed by atoms with Crippen LogP contribution in [0.15, 0.2) is 17.5 Å². The molecular weight excluding hydrogens is 252 g/mol. The zero-order valence-corrected chi connectivity index (χ0v) is 13.0. The van der Waals surface area contributed by atoms with Gasteiger partial charge in [0.15, 0.2) is 0 Å². The van der Waals surface area contributed by atoms with Crippen LogP contribution in [-0.2, 0) is 6.54 Å². The van der Waals surface area contributed by atoms with Crippen molar-refractivity contribution in [2.45, 2.75) is 58.0 Å². The zero-order valence-electron chi connectivity index (χ0n) is 12.2. The van der Waals surface area contributed by atoms with Crippen LogP contribution in [0.4, 0.5) is 0 Å². The van der Waals surface area contributed by atoms with Crippen molar-refractivity contribution in [1.29, 1.82) is 0 Å². The number of nitrogens with two attached hydrogens (primary N) is 1. The summed E-state index contributed by atoms with van der Waals surface area (Å²) in [7, 11) is 0. The van der Waals surface area contributed by atoms with Gasteiger partial charge in [-0.05, 0) is 36.8 Å². The van der Waals surface area contributed by atoms with Gasteiger partial charge >= 0.3 is 0 Å². The second kappa shape index (κ2) is 8.03. The van der Waals surface area contributed by atoms with Gasteiger partial charge < -0.3 is 5.73 Å². The second-order valence-electron chi connectivity index (χ2n) is 5.70. The third-order valence-electron chi connectivity index (χ3n) is 4.50.